The molecule has 3 heteroatoms. The van der Waals surface area contributed by atoms with Gasteiger partial charge in [-0.2, -0.15) is 0 Å². The van der Waals surface area contributed by atoms with Crippen LogP contribution >= 0.6 is 0 Å². The first-order chi connectivity index (χ1) is 7.15. The second-order valence-corrected chi connectivity index (χ2v) is 3.75. The lowest BCUT2D eigenvalue weighted by Gasteiger charge is -2.15. The van der Waals surface area contributed by atoms with E-state index < -0.39 is 6.10 Å². The van der Waals surface area contributed by atoms with Crippen molar-refractivity contribution >= 4 is 6.29 Å². The number of rotatable bonds is 5. The minimum absolute atomic E-state index is 0.106. The average molecular weight is 210 g/mol. The van der Waals surface area contributed by atoms with E-state index in [1.165, 1.54) is 6.07 Å². The molecule has 0 radical (unpaired) electrons. The van der Waals surface area contributed by atoms with Crippen molar-refractivity contribution in [3.05, 3.63) is 35.6 Å². The monoisotopic (exact) mass is 210 g/mol. The summed E-state index contributed by atoms with van der Waals surface area (Å²) in [5, 5.41) is 0. The molecule has 82 valence electrons. The maximum atomic E-state index is 13.2. The largest absolute Gasteiger partial charge is 0.366 e. The Morgan fingerprint density at radius 2 is 2.07 bits per heavy atom. The van der Waals surface area contributed by atoms with E-state index in [1.54, 1.807) is 18.2 Å². The maximum Gasteiger partial charge on any atom is 0.149 e. The summed E-state index contributed by atoms with van der Waals surface area (Å²) in [6.07, 6.45) is 0.288. The Morgan fingerprint density at radius 1 is 1.40 bits per heavy atom. The number of carbonyl (C=O) groups excluding carboxylic acids is 1. The molecule has 15 heavy (non-hydrogen) atoms. The molecule has 0 amide bonds. The van der Waals surface area contributed by atoms with Gasteiger partial charge in [-0.05, 0) is 12.0 Å². The third-order valence-corrected chi connectivity index (χ3v) is 2.18. The smallest absolute Gasteiger partial charge is 0.149 e. The SMILES string of the molecule is CC(C)[C@@H](C=O)OCc1ccccc1F. The Bertz CT molecular complexity index is 323. The summed E-state index contributed by atoms with van der Waals surface area (Å²) < 4.78 is 18.5. The van der Waals surface area contributed by atoms with Gasteiger partial charge >= 0.3 is 0 Å². The Morgan fingerprint density at radius 3 is 2.60 bits per heavy atom. The second-order valence-electron chi connectivity index (χ2n) is 3.75. The fraction of sp³-hybridized carbons (Fsp3) is 0.417. The van der Waals surface area contributed by atoms with E-state index in [0.717, 1.165) is 6.29 Å². The summed E-state index contributed by atoms with van der Waals surface area (Å²) in [5.41, 5.74) is 0.477. The molecule has 0 aliphatic carbocycles. The van der Waals surface area contributed by atoms with Crippen molar-refractivity contribution in [2.75, 3.05) is 0 Å². The third kappa shape index (κ3) is 3.44. The first kappa shape index (κ1) is 11.9. The summed E-state index contributed by atoms with van der Waals surface area (Å²) in [6.45, 7) is 3.91. The van der Waals surface area contributed by atoms with Gasteiger partial charge in [0.05, 0.1) is 6.61 Å². The number of hydrogen-bond acceptors (Lipinski definition) is 2. The highest BCUT2D eigenvalue weighted by Crippen LogP contribution is 2.11. The molecule has 0 unspecified atom stereocenters. The molecule has 1 rings (SSSR count). The first-order valence-corrected chi connectivity index (χ1v) is 4.95. The zero-order valence-electron chi connectivity index (χ0n) is 8.94. The van der Waals surface area contributed by atoms with Crippen molar-refractivity contribution in [1.82, 2.24) is 0 Å². The highest BCUT2D eigenvalue weighted by atomic mass is 19.1. The molecule has 0 fully saturated rings. The van der Waals surface area contributed by atoms with Crippen molar-refractivity contribution in [3.8, 4) is 0 Å². The van der Waals surface area contributed by atoms with Crippen molar-refractivity contribution < 1.29 is 13.9 Å². The Kier molecular flexibility index (Phi) is 4.43. The van der Waals surface area contributed by atoms with Crippen LogP contribution in [0.5, 0.6) is 0 Å². The lowest BCUT2D eigenvalue weighted by molar-refractivity contribution is -0.121. The fourth-order valence-electron chi connectivity index (χ4n) is 1.19. The highest BCUT2D eigenvalue weighted by molar-refractivity contribution is 5.56. The first-order valence-electron chi connectivity index (χ1n) is 4.95. The van der Waals surface area contributed by atoms with Crippen LogP contribution in [0.2, 0.25) is 0 Å². The van der Waals surface area contributed by atoms with Gasteiger partial charge in [-0.15, -0.1) is 0 Å². The third-order valence-electron chi connectivity index (χ3n) is 2.18. The molecule has 0 aliphatic rings. The van der Waals surface area contributed by atoms with Crippen LogP contribution in [0.1, 0.15) is 19.4 Å². The number of aldehydes is 1. The Labute approximate surface area is 89.1 Å². The van der Waals surface area contributed by atoms with E-state index in [9.17, 15) is 9.18 Å². The van der Waals surface area contributed by atoms with E-state index >= 15 is 0 Å². The zero-order chi connectivity index (χ0) is 11.3. The highest BCUT2D eigenvalue weighted by Gasteiger charge is 2.13. The molecule has 0 bridgehead atoms. The van der Waals surface area contributed by atoms with Crippen LogP contribution in [0.25, 0.3) is 0 Å². The van der Waals surface area contributed by atoms with Crippen LogP contribution < -0.4 is 0 Å². The van der Waals surface area contributed by atoms with Gasteiger partial charge in [0, 0.05) is 5.56 Å². The summed E-state index contributed by atoms with van der Waals surface area (Å²) >= 11 is 0. The molecule has 0 saturated heterocycles. The van der Waals surface area contributed by atoms with Gasteiger partial charge in [0.15, 0.2) is 0 Å². The van der Waals surface area contributed by atoms with E-state index in [0.29, 0.717) is 5.56 Å². The Hall–Kier alpha value is -1.22. The molecule has 0 saturated carbocycles. The molecule has 0 spiro atoms. The van der Waals surface area contributed by atoms with Crippen LogP contribution in [0.15, 0.2) is 24.3 Å². The lowest BCUT2D eigenvalue weighted by Crippen LogP contribution is -2.21. The van der Waals surface area contributed by atoms with Gasteiger partial charge in [0.25, 0.3) is 0 Å². The van der Waals surface area contributed by atoms with Crippen molar-refractivity contribution in [1.29, 1.82) is 0 Å². The number of halogens is 1. The molecule has 1 aromatic carbocycles. The van der Waals surface area contributed by atoms with Crippen molar-refractivity contribution in [3.63, 3.8) is 0 Å². The molecular formula is C12H15FO2. The number of ether oxygens (including phenoxy) is 1. The van der Waals surface area contributed by atoms with Crippen LogP contribution in [0.3, 0.4) is 0 Å². The molecule has 1 atom stereocenters. The predicted octanol–water partition coefficient (Wildman–Crippen LogP) is 2.57. The summed E-state index contributed by atoms with van der Waals surface area (Å²) in [5.74, 6) is -0.194. The summed E-state index contributed by atoms with van der Waals surface area (Å²) in [7, 11) is 0. The predicted molar refractivity (Wildman–Crippen MR) is 55.9 cm³/mol. The summed E-state index contributed by atoms with van der Waals surface area (Å²) in [4.78, 5) is 10.6. The topological polar surface area (TPSA) is 26.3 Å². The molecule has 2 nitrogen and oxygen atoms in total. The molecule has 0 heterocycles. The minimum Gasteiger partial charge on any atom is -0.366 e. The van der Waals surface area contributed by atoms with Crippen LogP contribution in [-0.2, 0) is 16.1 Å². The van der Waals surface area contributed by atoms with Gasteiger partial charge in [0.1, 0.15) is 18.2 Å². The molecule has 0 N–H and O–H groups in total. The van der Waals surface area contributed by atoms with Crippen LogP contribution in [0, 0.1) is 11.7 Å². The van der Waals surface area contributed by atoms with Gasteiger partial charge in [-0.1, -0.05) is 32.0 Å². The van der Waals surface area contributed by atoms with E-state index in [1.807, 2.05) is 13.8 Å². The number of hydrogen-bond donors (Lipinski definition) is 0. The van der Waals surface area contributed by atoms with E-state index in [-0.39, 0.29) is 18.3 Å². The zero-order valence-corrected chi connectivity index (χ0v) is 8.94. The summed E-state index contributed by atoms with van der Waals surface area (Å²) in [6, 6.07) is 6.40. The normalized spacial score (nSPS) is 12.8. The van der Waals surface area contributed by atoms with Gasteiger partial charge < -0.3 is 9.53 Å². The van der Waals surface area contributed by atoms with E-state index in [4.69, 9.17) is 4.74 Å². The minimum atomic E-state index is -0.468. The van der Waals surface area contributed by atoms with Crippen molar-refractivity contribution in [2.24, 2.45) is 5.92 Å². The van der Waals surface area contributed by atoms with Crippen LogP contribution in [-0.4, -0.2) is 12.4 Å². The average Bonchev–Trinajstić information content (AvgIpc) is 2.21. The standard InChI is InChI=1S/C12H15FO2/c1-9(2)12(7-14)15-8-10-5-3-4-6-11(10)13/h3-7,9,12H,8H2,1-2H3/t12-/m1/s1. The lowest BCUT2D eigenvalue weighted by atomic mass is 10.1. The van der Waals surface area contributed by atoms with Gasteiger partial charge in [-0.25, -0.2) is 4.39 Å². The molecule has 0 aromatic heterocycles. The van der Waals surface area contributed by atoms with E-state index in [2.05, 4.69) is 0 Å². The van der Waals surface area contributed by atoms with Crippen LogP contribution in [0.4, 0.5) is 4.39 Å². The molecule has 1 aromatic rings. The fourth-order valence-corrected chi connectivity index (χ4v) is 1.19. The second kappa shape index (κ2) is 5.61. The number of carbonyl (C=O) groups is 1. The Balaban J connectivity index is 2.56. The molecule has 0 aliphatic heterocycles. The number of benzene rings is 1. The van der Waals surface area contributed by atoms with Crippen molar-refractivity contribution in [2.45, 2.75) is 26.6 Å². The van der Waals surface area contributed by atoms with Gasteiger partial charge in [0.2, 0.25) is 0 Å². The maximum absolute atomic E-state index is 13.2. The molecular weight excluding hydrogens is 195 g/mol. The quantitative estimate of drug-likeness (QED) is 0.698. The van der Waals surface area contributed by atoms with Gasteiger partial charge in [-0.3, -0.25) is 0 Å².